The van der Waals surface area contributed by atoms with E-state index in [9.17, 15) is 10.2 Å². The first kappa shape index (κ1) is 21.0. The first-order chi connectivity index (χ1) is 13.9. The Morgan fingerprint density at radius 3 is 2.28 bits per heavy atom. The van der Waals surface area contributed by atoms with Crippen LogP contribution in [0.15, 0.2) is 36.7 Å². The van der Waals surface area contributed by atoms with Crippen LogP contribution in [0.2, 0.25) is 0 Å². The van der Waals surface area contributed by atoms with Gasteiger partial charge in [-0.3, -0.25) is 0 Å². The number of rotatable bonds is 9. The molecule has 8 nitrogen and oxygen atoms in total. The van der Waals surface area contributed by atoms with Gasteiger partial charge in [-0.25, -0.2) is 4.98 Å². The fourth-order valence-electron chi connectivity index (χ4n) is 3.13. The van der Waals surface area contributed by atoms with Gasteiger partial charge < -0.3 is 25.4 Å². The average molecular weight is 399 g/mol. The molecule has 2 aromatic heterocycles. The van der Waals surface area contributed by atoms with Gasteiger partial charge in [-0.05, 0) is 25.3 Å². The van der Waals surface area contributed by atoms with E-state index in [0.717, 1.165) is 5.56 Å². The third-order valence-corrected chi connectivity index (χ3v) is 4.99. The Hall–Kier alpha value is -2.71. The normalized spacial score (nSPS) is 13.8. The molecule has 0 saturated carbocycles. The van der Waals surface area contributed by atoms with Crippen LogP contribution in [0.4, 0.5) is 11.8 Å². The Kier molecular flexibility index (Phi) is 6.66. The average Bonchev–Trinajstić information content (AvgIpc) is 3.15. The predicted octanol–water partition coefficient (Wildman–Crippen LogP) is 2.98. The van der Waals surface area contributed by atoms with E-state index in [0.29, 0.717) is 22.9 Å². The van der Waals surface area contributed by atoms with Crippen molar-refractivity contribution < 1.29 is 10.2 Å². The first-order valence-electron chi connectivity index (χ1n) is 9.98. The van der Waals surface area contributed by atoms with Gasteiger partial charge >= 0.3 is 0 Å². The third kappa shape index (κ3) is 4.65. The number of aliphatic hydroxyl groups excluding tert-OH is 2. The van der Waals surface area contributed by atoms with Crippen molar-refractivity contribution in [2.45, 2.75) is 45.8 Å². The maximum absolute atomic E-state index is 9.95. The Morgan fingerprint density at radius 2 is 1.69 bits per heavy atom. The number of anilines is 2. The highest BCUT2D eigenvalue weighted by Crippen LogP contribution is 2.27. The van der Waals surface area contributed by atoms with Crippen molar-refractivity contribution in [3.63, 3.8) is 0 Å². The topological polar surface area (TPSA) is 108 Å². The molecule has 0 aliphatic rings. The SMILES string of the molecule is CC(C)[C@@H](CO)Nc1nc(N[C@H](CO)c2ccccc2)c2ncn(C(C)C)c2n1. The Balaban J connectivity index is 2.04. The van der Waals surface area contributed by atoms with Crippen LogP contribution in [-0.4, -0.2) is 49.0 Å². The number of imidazole rings is 1. The highest BCUT2D eigenvalue weighted by molar-refractivity contribution is 5.84. The quantitative estimate of drug-likeness (QED) is 0.439. The van der Waals surface area contributed by atoms with Gasteiger partial charge in [0.1, 0.15) is 0 Å². The summed E-state index contributed by atoms with van der Waals surface area (Å²) < 4.78 is 1.98. The van der Waals surface area contributed by atoms with Crippen LogP contribution in [0.3, 0.4) is 0 Å². The van der Waals surface area contributed by atoms with Crippen LogP contribution in [0, 0.1) is 5.92 Å². The van der Waals surface area contributed by atoms with Gasteiger partial charge in [0.15, 0.2) is 17.0 Å². The van der Waals surface area contributed by atoms with Gasteiger partial charge in [-0.15, -0.1) is 0 Å². The smallest absolute Gasteiger partial charge is 0.227 e. The minimum Gasteiger partial charge on any atom is -0.394 e. The number of hydrogen-bond acceptors (Lipinski definition) is 7. The predicted molar refractivity (Wildman–Crippen MR) is 115 cm³/mol. The number of nitrogens with one attached hydrogen (secondary N) is 2. The number of benzene rings is 1. The number of nitrogens with zero attached hydrogens (tertiary/aromatic N) is 4. The summed E-state index contributed by atoms with van der Waals surface area (Å²) in [6.07, 6.45) is 1.75. The molecule has 156 valence electrons. The summed E-state index contributed by atoms with van der Waals surface area (Å²) in [7, 11) is 0. The highest BCUT2D eigenvalue weighted by atomic mass is 16.3. The van der Waals surface area contributed by atoms with Crippen LogP contribution in [0.25, 0.3) is 11.2 Å². The summed E-state index contributed by atoms with van der Waals surface area (Å²) >= 11 is 0. The van der Waals surface area contributed by atoms with Crippen molar-refractivity contribution in [2.24, 2.45) is 5.92 Å². The molecule has 0 aliphatic carbocycles. The van der Waals surface area contributed by atoms with Crippen molar-refractivity contribution >= 4 is 22.9 Å². The zero-order valence-corrected chi connectivity index (χ0v) is 17.4. The molecule has 0 amide bonds. The minimum atomic E-state index is -0.329. The van der Waals surface area contributed by atoms with E-state index < -0.39 is 0 Å². The third-order valence-electron chi connectivity index (χ3n) is 4.99. The molecule has 0 saturated heterocycles. The van der Waals surface area contributed by atoms with E-state index in [1.54, 1.807) is 6.33 Å². The fraction of sp³-hybridized carbons (Fsp3) is 0.476. The Bertz CT molecular complexity index is 926. The summed E-state index contributed by atoms with van der Waals surface area (Å²) in [5, 5.41) is 26.2. The number of aliphatic hydroxyl groups is 2. The van der Waals surface area contributed by atoms with Crippen molar-refractivity contribution in [3.05, 3.63) is 42.2 Å². The van der Waals surface area contributed by atoms with Crippen molar-refractivity contribution in [1.29, 1.82) is 0 Å². The minimum absolute atomic E-state index is 0.0193. The van der Waals surface area contributed by atoms with E-state index in [4.69, 9.17) is 0 Å². The largest absolute Gasteiger partial charge is 0.394 e. The summed E-state index contributed by atoms with van der Waals surface area (Å²) in [6, 6.07) is 9.40. The van der Waals surface area contributed by atoms with Crippen LogP contribution in [0.1, 0.15) is 45.3 Å². The fourth-order valence-corrected chi connectivity index (χ4v) is 3.13. The zero-order chi connectivity index (χ0) is 21.0. The second-order valence-electron chi connectivity index (χ2n) is 7.78. The van der Waals surface area contributed by atoms with Gasteiger partial charge in [0.05, 0.1) is 31.6 Å². The molecule has 0 bridgehead atoms. The van der Waals surface area contributed by atoms with Gasteiger partial charge in [-0.2, -0.15) is 9.97 Å². The van der Waals surface area contributed by atoms with E-state index in [-0.39, 0.29) is 37.3 Å². The van der Waals surface area contributed by atoms with E-state index >= 15 is 0 Å². The lowest BCUT2D eigenvalue weighted by Crippen LogP contribution is -2.30. The van der Waals surface area contributed by atoms with Crippen LogP contribution in [0.5, 0.6) is 0 Å². The van der Waals surface area contributed by atoms with Crippen molar-refractivity contribution in [1.82, 2.24) is 19.5 Å². The van der Waals surface area contributed by atoms with Gasteiger partial charge in [0, 0.05) is 6.04 Å². The summed E-state index contributed by atoms with van der Waals surface area (Å²) in [6.45, 7) is 8.08. The zero-order valence-electron chi connectivity index (χ0n) is 17.4. The summed E-state index contributed by atoms with van der Waals surface area (Å²) in [4.78, 5) is 13.8. The first-order valence-corrected chi connectivity index (χ1v) is 9.98. The van der Waals surface area contributed by atoms with Crippen LogP contribution in [-0.2, 0) is 0 Å². The monoisotopic (exact) mass is 398 g/mol. The molecule has 2 atom stereocenters. The maximum Gasteiger partial charge on any atom is 0.227 e. The Morgan fingerprint density at radius 1 is 0.966 bits per heavy atom. The molecular formula is C21H30N6O2. The lowest BCUT2D eigenvalue weighted by atomic mass is 10.1. The molecule has 2 heterocycles. The number of aromatic nitrogens is 4. The van der Waals surface area contributed by atoms with Crippen LogP contribution >= 0.6 is 0 Å². The molecular weight excluding hydrogens is 368 g/mol. The molecule has 3 aromatic rings. The molecule has 1 aromatic carbocycles. The van der Waals surface area contributed by atoms with Gasteiger partial charge in [-0.1, -0.05) is 44.2 Å². The Labute approximate surface area is 171 Å². The lowest BCUT2D eigenvalue weighted by Gasteiger charge is -2.22. The molecule has 0 spiro atoms. The molecule has 4 N–H and O–H groups in total. The van der Waals surface area contributed by atoms with Crippen LogP contribution < -0.4 is 10.6 Å². The second-order valence-corrected chi connectivity index (χ2v) is 7.78. The summed E-state index contributed by atoms with van der Waals surface area (Å²) in [5.41, 5.74) is 2.30. The van der Waals surface area contributed by atoms with E-state index in [1.807, 2.05) is 48.7 Å². The molecule has 29 heavy (non-hydrogen) atoms. The van der Waals surface area contributed by atoms with Gasteiger partial charge in [0.25, 0.3) is 0 Å². The second kappa shape index (κ2) is 9.19. The number of hydrogen-bond donors (Lipinski definition) is 4. The number of fused-ring (bicyclic) bond motifs is 1. The molecule has 3 rings (SSSR count). The lowest BCUT2D eigenvalue weighted by molar-refractivity contribution is 0.248. The molecule has 0 aliphatic heterocycles. The van der Waals surface area contributed by atoms with Crippen molar-refractivity contribution in [2.75, 3.05) is 23.8 Å². The van der Waals surface area contributed by atoms with E-state index in [1.165, 1.54) is 0 Å². The molecule has 0 fully saturated rings. The molecule has 0 unspecified atom stereocenters. The molecule has 8 heteroatoms. The molecule has 0 radical (unpaired) electrons. The van der Waals surface area contributed by atoms with Gasteiger partial charge in [0.2, 0.25) is 5.95 Å². The highest BCUT2D eigenvalue weighted by Gasteiger charge is 2.20. The standard InChI is InChI=1S/C21H30N6O2/c1-13(2)16(10-28)24-21-25-19(18-20(26-21)27(12-22-18)14(3)4)23-17(11-29)15-8-6-5-7-9-15/h5-9,12-14,16-17,28-29H,10-11H2,1-4H3,(H2,23,24,25,26)/t16-,17-/m1/s1. The maximum atomic E-state index is 9.95. The summed E-state index contributed by atoms with van der Waals surface area (Å²) in [5.74, 6) is 1.17. The van der Waals surface area contributed by atoms with Crippen molar-refractivity contribution in [3.8, 4) is 0 Å². The van der Waals surface area contributed by atoms with E-state index in [2.05, 4.69) is 39.4 Å².